The lowest BCUT2D eigenvalue weighted by Crippen LogP contribution is -2.71. The first-order valence-electron chi connectivity index (χ1n) is 15.6. The number of nitrogens with one attached hydrogen (secondary N) is 2. The highest BCUT2D eigenvalue weighted by atomic mass is 32.2. The van der Waals surface area contributed by atoms with E-state index in [0.717, 1.165) is 22.3 Å². The lowest BCUT2D eigenvalue weighted by atomic mass is 10.0. The third-order valence-electron chi connectivity index (χ3n) is 8.65. The van der Waals surface area contributed by atoms with Gasteiger partial charge < -0.3 is 45.6 Å². The summed E-state index contributed by atoms with van der Waals surface area (Å²) in [5.41, 5.74) is 4.66. The molecule has 0 radical (unpaired) electrons. The number of benzene rings is 1. The SMILES string of the molecule is CCn1cc(C(=O)O)c(=O)c2cc(F)c(N3CCC(NC(=O)OCC4=C(C(=O)O)N5C(=O)[C@@H](NC(=O)/C(=N\OC)c6csc(N)n6)[C@H]5SC4)C3)cc21. The predicted molar refractivity (Wildman–Crippen MR) is 186 cm³/mol. The van der Waals surface area contributed by atoms with Crippen molar-refractivity contribution in [3.05, 3.63) is 62.3 Å². The lowest BCUT2D eigenvalue weighted by Gasteiger charge is -2.49. The number of anilines is 2. The smallest absolute Gasteiger partial charge is 0.407 e. The van der Waals surface area contributed by atoms with E-state index in [0.29, 0.717) is 25.0 Å². The summed E-state index contributed by atoms with van der Waals surface area (Å²) < 4.78 is 22.2. The van der Waals surface area contributed by atoms with E-state index in [1.165, 1.54) is 36.5 Å². The number of pyridine rings is 1. The molecule has 1 unspecified atom stereocenters. The molecule has 3 aliphatic heterocycles. The van der Waals surface area contributed by atoms with Gasteiger partial charge in [0, 0.05) is 47.9 Å². The van der Waals surface area contributed by atoms with Crippen LogP contribution in [0.5, 0.6) is 0 Å². The van der Waals surface area contributed by atoms with Gasteiger partial charge in [-0.15, -0.1) is 23.1 Å². The first-order valence-corrected chi connectivity index (χ1v) is 17.6. The van der Waals surface area contributed by atoms with Crippen molar-refractivity contribution >= 4 is 80.4 Å². The van der Waals surface area contributed by atoms with E-state index in [4.69, 9.17) is 15.3 Å². The Morgan fingerprint density at radius 1 is 1.17 bits per heavy atom. The predicted octanol–water partition coefficient (Wildman–Crippen LogP) is 0.992. The number of carbonyl (C=O) groups excluding carboxylic acids is 3. The molecule has 6 N–H and O–H groups in total. The van der Waals surface area contributed by atoms with Crippen LogP contribution in [0.1, 0.15) is 29.4 Å². The molecule has 0 aliphatic carbocycles. The molecule has 2 fully saturated rings. The first-order chi connectivity index (χ1) is 24.8. The third-order valence-corrected chi connectivity index (χ3v) is 10.7. The minimum atomic E-state index is -1.42. The number of amides is 3. The molecule has 0 saturated carbocycles. The Labute approximate surface area is 301 Å². The molecule has 52 heavy (non-hydrogen) atoms. The van der Waals surface area contributed by atoms with Gasteiger partial charge in [-0.3, -0.25) is 19.3 Å². The molecule has 3 aliphatic rings. The number of alkyl carbamates (subject to hydrolysis) is 1. The van der Waals surface area contributed by atoms with Crippen LogP contribution in [-0.4, -0.2) is 110 Å². The van der Waals surface area contributed by atoms with Crippen LogP contribution in [0.4, 0.5) is 20.0 Å². The minimum absolute atomic E-state index is 0.0637. The fourth-order valence-corrected chi connectivity index (χ4v) is 8.08. The van der Waals surface area contributed by atoms with Crippen LogP contribution >= 0.6 is 23.1 Å². The monoisotopic (exact) mass is 758 g/mol. The number of oxime groups is 1. The van der Waals surface area contributed by atoms with Crippen molar-refractivity contribution in [3.8, 4) is 0 Å². The van der Waals surface area contributed by atoms with Crippen molar-refractivity contribution < 1.29 is 48.2 Å². The number of carbonyl (C=O) groups is 5. The average molecular weight is 759 g/mol. The lowest BCUT2D eigenvalue weighted by molar-refractivity contribution is -0.150. The van der Waals surface area contributed by atoms with E-state index >= 15 is 4.39 Å². The molecular weight excluding hydrogens is 728 g/mol. The largest absolute Gasteiger partial charge is 0.477 e. The number of thioether (sulfide) groups is 1. The quantitative estimate of drug-likeness (QED) is 0.104. The van der Waals surface area contributed by atoms with E-state index in [-0.39, 0.29) is 51.2 Å². The fraction of sp³-hybridized carbons (Fsp3) is 0.355. The van der Waals surface area contributed by atoms with E-state index in [2.05, 4.69) is 20.8 Å². The Morgan fingerprint density at radius 2 is 1.94 bits per heavy atom. The van der Waals surface area contributed by atoms with E-state index in [1.807, 2.05) is 0 Å². The third kappa shape index (κ3) is 6.70. The number of ether oxygens (including phenoxy) is 1. The van der Waals surface area contributed by atoms with Gasteiger partial charge in [-0.2, -0.15) is 0 Å². The molecule has 2 saturated heterocycles. The van der Waals surface area contributed by atoms with Crippen molar-refractivity contribution in [2.75, 3.05) is 43.2 Å². The molecule has 2 aromatic heterocycles. The molecule has 274 valence electrons. The van der Waals surface area contributed by atoms with Crippen LogP contribution in [0.2, 0.25) is 0 Å². The van der Waals surface area contributed by atoms with Gasteiger partial charge in [0.25, 0.3) is 11.8 Å². The number of nitrogens with two attached hydrogens (primary N) is 1. The summed E-state index contributed by atoms with van der Waals surface area (Å²) in [6.07, 6.45) is 0.775. The summed E-state index contributed by atoms with van der Waals surface area (Å²) in [5.74, 6) is -4.95. The molecular formula is C31H31FN8O10S2. The van der Waals surface area contributed by atoms with Crippen LogP contribution in [0, 0.1) is 5.82 Å². The number of aromatic nitrogens is 2. The molecule has 5 heterocycles. The van der Waals surface area contributed by atoms with Crippen molar-refractivity contribution in [1.29, 1.82) is 0 Å². The average Bonchev–Trinajstić information content (AvgIpc) is 3.76. The van der Waals surface area contributed by atoms with Gasteiger partial charge in [-0.1, -0.05) is 5.16 Å². The molecule has 6 rings (SSSR count). The number of nitrogens with zero attached hydrogens (tertiary/aromatic N) is 5. The summed E-state index contributed by atoms with van der Waals surface area (Å²) in [7, 11) is 1.23. The summed E-state index contributed by atoms with van der Waals surface area (Å²) in [6.45, 7) is 2.18. The van der Waals surface area contributed by atoms with Crippen molar-refractivity contribution in [2.45, 2.75) is 37.3 Å². The van der Waals surface area contributed by atoms with Crippen LogP contribution in [-0.2, 0) is 30.5 Å². The number of nitrogen functional groups attached to an aromatic ring is 1. The second kappa shape index (κ2) is 14.5. The van der Waals surface area contributed by atoms with Gasteiger partial charge in [0.05, 0.1) is 17.2 Å². The maximum absolute atomic E-state index is 15.3. The zero-order chi connectivity index (χ0) is 37.4. The van der Waals surface area contributed by atoms with Crippen molar-refractivity contribution in [1.82, 2.24) is 25.1 Å². The highest BCUT2D eigenvalue weighted by Crippen LogP contribution is 2.40. The van der Waals surface area contributed by atoms with Gasteiger partial charge in [-0.25, -0.2) is 23.8 Å². The van der Waals surface area contributed by atoms with Gasteiger partial charge in [0.2, 0.25) is 5.43 Å². The zero-order valence-corrected chi connectivity index (χ0v) is 29.1. The van der Waals surface area contributed by atoms with Crippen LogP contribution < -0.4 is 26.7 Å². The van der Waals surface area contributed by atoms with Crippen LogP contribution in [0.3, 0.4) is 0 Å². The second-order valence-corrected chi connectivity index (χ2v) is 13.7. The maximum Gasteiger partial charge on any atom is 0.407 e. The number of carboxylic acid groups (broad SMARTS) is 2. The number of aryl methyl sites for hydroxylation is 1. The number of thiazole rings is 1. The number of rotatable bonds is 11. The van der Waals surface area contributed by atoms with Gasteiger partial charge >= 0.3 is 18.0 Å². The standard InChI is InChI=1S/C31H31FN8O10S2/c1-3-38-9-16(28(44)45)24(41)15-6-17(32)20(7-19(15)38)39-5-4-14(8-39)34-31(48)50-10-13-11-51-27-22(26(43)40(27)23(13)29(46)47)36-25(42)21(37-49-2)18-12-52-30(33)35-18/h6-7,9,12,14,22,27H,3-5,8,10-11H2,1-2H3,(H2,33,35)(H,34,48)(H,36,42)(H,44,45)(H,46,47)/b37-21-/t14?,22-,27-/m1/s1. The zero-order valence-electron chi connectivity index (χ0n) is 27.5. The van der Waals surface area contributed by atoms with E-state index < -0.39 is 70.7 Å². The second-order valence-electron chi connectivity index (χ2n) is 11.7. The van der Waals surface area contributed by atoms with Crippen molar-refractivity contribution in [3.63, 3.8) is 0 Å². The highest BCUT2D eigenvalue weighted by molar-refractivity contribution is 8.00. The fourth-order valence-electron chi connectivity index (χ4n) is 6.21. The Kier molecular flexibility index (Phi) is 10.1. The molecule has 1 aromatic carbocycles. The van der Waals surface area contributed by atoms with E-state index in [1.54, 1.807) is 16.4 Å². The van der Waals surface area contributed by atoms with Gasteiger partial charge in [0.15, 0.2) is 10.8 Å². The maximum atomic E-state index is 15.3. The number of β-lactam (4-membered cyclic amide) rings is 1. The Hall–Kier alpha value is -5.70. The number of carboxylic acids is 2. The number of fused-ring (bicyclic) bond motifs is 2. The number of halogens is 1. The summed E-state index contributed by atoms with van der Waals surface area (Å²) in [5, 5.41) is 29.2. The number of aromatic carboxylic acids is 1. The molecule has 0 bridgehead atoms. The molecule has 3 aromatic rings. The minimum Gasteiger partial charge on any atom is -0.477 e. The van der Waals surface area contributed by atoms with Crippen LogP contribution in [0.15, 0.2) is 44.9 Å². The summed E-state index contributed by atoms with van der Waals surface area (Å²) in [4.78, 5) is 86.9. The summed E-state index contributed by atoms with van der Waals surface area (Å²) in [6, 6.07) is 0.945. The molecule has 3 atom stereocenters. The Morgan fingerprint density at radius 3 is 2.60 bits per heavy atom. The number of hydrogen-bond acceptors (Lipinski definition) is 14. The normalized spacial score (nSPS) is 20.0. The topological polar surface area (TPSA) is 248 Å². The van der Waals surface area contributed by atoms with Gasteiger partial charge in [-0.05, 0) is 25.5 Å². The van der Waals surface area contributed by atoms with E-state index in [9.17, 15) is 39.0 Å². The Balaban J connectivity index is 1.08. The number of hydrogen-bond donors (Lipinski definition) is 5. The molecule has 21 heteroatoms. The molecule has 3 amide bonds. The van der Waals surface area contributed by atoms with Crippen LogP contribution in [0.25, 0.3) is 10.9 Å². The number of aliphatic carboxylic acids is 1. The molecule has 0 spiro atoms. The highest BCUT2D eigenvalue weighted by Gasteiger charge is 2.54. The van der Waals surface area contributed by atoms with Gasteiger partial charge in [0.1, 0.15) is 47.9 Å². The Bertz CT molecular complexity index is 2140. The first kappa shape index (κ1) is 36.1. The summed E-state index contributed by atoms with van der Waals surface area (Å²) >= 11 is 2.25. The van der Waals surface area contributed by atoms with Crippen molar-refractivity contribution in [2.24, 2.45) is 5.16 Å². The molecule has 18 nitrogen and oxygen atoms in total.